The normalized spacial score (nSPS) is 29.9. The molecule has 1 heterocycles. The molecule has 0 amide bonds. The van der Waals surface area contributed by atoms with Crippen molar-refractivity contribution >= 4 is 5.97 Å². The highest BCUT2D eigenvalue weighted by Crippen LogP contribution is 2.30. The number of carboxylic acid groups (broad SMARTS) is 1. The van der Waals surface area contributed by atoms with Crippen LogP contribution in [0.2, 0.25) is 0 Å². The predicted octanol–water partition coefficient (Wildman–Crippen LogP) is 1.58. The molecule has 1 unspecified atom stereocenters. The van der Waals surface area contributed by atoms with Gasteiger partial charge in [0, 0.05) is 13.1 Å². The van der Waals surface area contributed by atoms with Gasteiger partial charge in [-0.2, -0.15) is 0 Å². The van der Waals surface area contributed by atoms with Crippen LogP contribution in [0.25, 0.3) is 0 Å². The van der Waals surface area contributed by atoms with Gasteiger partial charge in [0.2, 0.25) is 0 Å². The Bertz CT molecular complexity index is 213. The standard InChI is InChI=1S/C11H19NO2/c13-11(14)10-3-1-2-6-12(8-10)7-9-4-5-9/h9-10H,1-8H2,(H,13,14). The number of rotatable bonds is 3. The lowest BCUT2D eigenvalue weighted by atomic mass is 10.0. The van der Waals surface area contributed by atoms with E-state index < -0.39 is 5.97 Å². The average Bonchev–Trinajstić information content (AvgIpc) is 2.92. The van der Waals surface area contributed by atoms with Crippen molar-refractivity contribution in [2.75, 3.05) is 19.6 Å². The molecule has 0 radical (unpaired) electrons. The zero-order valence-electron chi connectivity index (χ0n) is 8.61. The summed E-state index contributed by atoms with van der Waals surface area (Å²) in [7, 11) is 0. The summed E-state index contributed by atoms with van der Waals surface area (Å²) in [5.74, 6) is 0.159. The van der Waals surface area contributed by atoms with E-state index in [0.717, 1.165) is 38.4 Å². The van der Waals surface area contributed by atoms with Crippen LogP contribution in [-0.2, 0) is 4.79 Å². The minimum absolute atomic E-state index is 0.115. The second-order valence-electron chi connectivity index (χ2n) is 4.73. The van der Waals surface area contributed by atoms with Crippen LogP contribution in [0.1, 0.15) is 32.1 Å². The number of likely N-dealkylation sites (tertiary alicyclic amines) is 1. The number of hydrogen-bond donors (Lipinski definition) is 1. The number of carboxylic acids is 1. The topological polar surface area (TPSA) is 40.5 Å². The molecule has 0 bridgehead atoms. The molecule has 3 nitrogen and oxygen atoms in total. The van der Waals surface area contributed by atoms with Crippen LogP contribution in [-0.4, -0.2) is 35.6 Å². The molecule has 2 fully saturated rings. The zero-order valence-corrected chi connectivity index (χ0v) is 8.61. The molecular weight excluding hydrogens is 178 g/mol. The molecular formula is C11H19NO2. The first kappa shape index (κ1) is 9.97. The van der Waals surface area contributed by atoms with Crippen molar-refractivity contribution in [2.24, 2.45) is 11.8 Å². The third-order valence-electron chi connectivity index (χ3n) is 3.32. The van der Waals surface area contributed by atoms with Crippen LogP contribution < -0.4 is 0 Å². The highest BCUT2D eigenvalue weighted by Gasteiger charge is 2.28. The fourth-order valence-corrected chi connectivity index (χ4v) is 2.25. The summed E-state index contributed by atoms with van der Waals surface area (Å²) in [6.45, 7) is 3.04. The molecule has 1 saturated carbocycles. The minimum atomic E-state index is -0.604. The van der Waals surface area contributed by atoms with Crippen molar-refractivity contribution in [3.63, 3.8) is 0 Å². The van der Waals surface area contributed by atoms with E-state index in [-0.39, 0.29) is 5.92 Å². The molecule has 14 heavy (non-hydrogen) atoms. The third kappa shape index (κ3) is 2.71. The molecule has 0 aromatic carbocycles. The lowest BCUT2D eigenvalue weighted by molar-refractivity contribution is -0.142. The lowest BCUT2D eigenvalue weighted by Crippen LogP contribution is -2.33. The van der Waals surface area contributed by atoms with Gasteiger partial charge in [0.1, 0.15) is 0 Å². The monoisotopic (exact) mass is 197 g/mol. The summed E-state index contributed by atoms with van der Waals surface area (Å²) >= 11 is 0. The SMILES string of the molecule is O=C(O)C1CCCCN(CC2CC2)C1. The maximum absolute atomic E-state index is 10.9. The molecule has 1 aliphatic heterocycles. The van der Waals surface area contributed by atoms with Crippen molar-refractivity contribution in [1.82, 2.24) is 4.90 Å². The second kappa shape index (κ2) is 4.30. The van der Waals surface area contributed by atoms with Gasteiger partial charge in [-0.15, -0.1) is 0 Å². The first-order valence-electron chi connectivity index (χ1n) is 5.71. The van der Waals surface area contributed by atoms with E-state index in [2.05, 4.69) is 4.90 Å². The van der Waals surface area contributed by atoms with Gasteiger partial charge < -0.3 is 10.0 Å². The van der Waals surface area contributed by atoms with E-state index in [1.165, 1.54) is 19.3 Å². The lowest BCUT2D eigenvalue weighted by Gasteiger charge is -2.21. The van der Waals surface area contributed by atoms with Gasteiger partial charge in [-0.1, -0.05) is 6.42 Å². The van der Waals surface area contributed by atoms with E-state index >= 15 is 0 Å². The maximum atomic E-state index is 10.9. The molecule has 1 N–H and O–H groups in total. The molecule has 1 atom stereocenters. The Kier molecular flexibility index (Phi) is 3.06. The Hall–Kier alpha value is -0.570. The number of hydrogen-bond acceptors (Lipinski definition) is 2. The van der Waals surface area contributed by atoms with E-state index in [1.807, 2.05) is 0 Å². The van der Waals surface area contributed by atoms with Crippen LogP contribution in [0.4, 0.5) is 0 Å². The largest absolute Gasteiger partial charge is 0.481 e. The molecule has 0 aromatic rings. The summed E-state index contributed by atoms with van der Waals surface area (Å²) in [6.07, 6.45) is 5.84. The van der Waals surface area contributed by atoms with Crippen molar-refractivity contribution in [2.45, 2.75) is 32.1 Å². The summed E-state index contributed by atoms with van der Waals surface area (Å²) < 4.78 is 0. The quantitative estimate of drug-likeness (QED) is 0.746. The molecule has 3 heteroatoms. The fraction of sp³-hybridized carbons (Fsp3) is 0.909. The molecule has 0 spiro atoms. The summed E-state index contributed by atoms with van der Waals surface area (Å²) in [5, 5.41) is 9.00. The van der Waals surface area contributed by atoms with Crippen LogP contribution in [0.3, 0.4) is 0 Å². The number of nitrogens with zero attached hydrogens (tertiary/aromatic N) is 1. The van der Waals surface area contributed by atoms with E-state index in [4.69, 9.17) is 5.11 Å². The molecule has 1 aliphatic carbocycles. The van der Waals surface area contributed by atoms with Crippen LogP contribution in [0, 0.1) is 11.8 Å². The van der Waals surface area contributed by atoms with Gasteiger partial charge in [-0.05, 0) is 38.1 Å². The van der Waals surface area contributed by atoms with Gasteiger partial charge in [0.25, 0.3) is 0 Å². The van der Waals surface area contributed by atoms with E-state index in [1.54, 1.807) is 0 Å². The zero-order chi connectivity index (χ0) is 9.97. The fourth-order valence-electron chi connectivity index (χ4n) is 2.25. The third-order valence-corrected chi connectivity index (χ3v) is 3.32. The van der Waals surface area contributed by atoms with Crippen LogP contribution in [0.15, 0.2) is 0 Å². The van der Waals surface area contributed by atoms with Crippen molar-refractivity contribution in [1.29, 1.82) is 0 Å². The predicted molar refractivity (Wildman–Crippen MR) is 54.1 cm³/mol. The van der Waals surface area contributed by atoms with Gasteiger partial charge in [0.15, 0.2) is 0 Å². The Morgan fingerprint density at radius 3 is 2.71 bits per heavy atom. The Morgan fingerprint density at radius 1 is 1.29 bits per heavy atom. The number of carbonyl (C=O) groups is 1. The van der Waals surface area contributed by atoms with Gasteiger partial charge in [-0.3, -0.25) is 4.79 Å². The Morgan fingerprint density at radius 2 is 2.07 bits per heavy atom. The van der Waals surface area contributed by atoms with Crippen molar-refractivity contribution in [3.05, 3.63) is 0 Å². The summed E-state index contributed by atoms with van der Waals surface area (Å²) in [5.41, 5.74) is 0. The van der Waals surface area contributed by atoms with Gasteiger partial charge in [0.05, 0.1) is 5.92 Å². The Labute approximate surface area is 85.1 Å². The van der Waals surface area contributed by atoms with E-state index in [9.17, 15) is 4.79 Å². The molecule has 1 saturated heterocycles. The number of aliphatic carboxylic acids is 1. The average molecular weight is 197 g/mol. The van der Waals surface area contributed by atoms with Crippen molar-refractivity contribution < 1.29 is 9.90 Å². The second-order valence-corrected chi connectivity index (χ2v) is 4.73. The highest BCUT2D eigenvalue weighted by atomic mass is 16.4. The maximum Gasteiger partial charge on any atom is 0.307 e. The molecule has 0 aromatic heterocycles. The van der Waals surface area contributed by atoms with Gasteiger partial charge >= 0.3 is 5.97 Å². The smallest absolute Gasteiger partial charge is 0.307 e. The van der Waals surface area contributed by atoms with Crippen molar-refractivity contribution in [3.8, 4) is 0 Å². The first-order valence-corrected chi connectivity index (χ1v) is 5.71. The molecule has 2 rings (SSSR count). The first-order chi connectivity index (χ1) is 6.75. The highest BCUT2D eigenvalue weighted by molar-refractivity contribution is 5.70. The van der Waals surface area contributed by atoms with Gasteiger partial charge in [-0.25, -0.2) is 0 Å². The van der Waals surface area contributed by atoms with E-state index in [0.29, 0.717) is 0 Å². The molecule has 2 aliphatic rings. The Balaban J connectivity index is 1.85. The molecule has 80 valence electrons. The van der Waals surface area contributed by atoms with Crippen LogP contribution in [0.5, 0.6) is 0 Å². The van der Waals surface area contributed by atoms with Crippen LogP contribution >= 0.6 is 0 Å². The summed E-state index contributed by atoms with van der Waals surface area (Å²) in [6, 6.07) is 0. The summed E-state index contributed by atoms with van der Waals surface area (Å²) in [4.78, 5) is 13.3. The minimum Gasteiger partial charge on any atom is -0.481 e.